The summed E-state index contributed by atoms with van der Waals surface area (Å²) in [6.07, 6.45) is 6.86. The number of terminal acetylenes is 1. The van der Waals surface area contributed by atoms with E-state index < -0.39 is 22.0 Å². The van der Waals surface area contributed by atoms with Gasteiger partial charge in [0.2, 0.25) is 15.9 Å². The van der Waals surface area contributed by atoms with E-state index in [1.807, 2.05) is 30.3 Å². The molecule has 2 atom stereocenters. The molecule has 3 rings (SSSR count). The number of hydrogen-bond donors (Lipinski definition) is 1. The van der Waals surface area contributed by atoms with Crippen LogP contribution in [0.3, 0.4) is 0 Å². The van der Waals surface area contributed by atoms with Crippen molar-refractivity contribution in [1.29, 1.82) is 0 Å². The van der Waals surface area contributed by atoms with Gasteiger partial charge in [-0.25, -0.2) is 8.42 Å². The number of carbonyl (C=O) groups is 1. The maximum absolute atomic E-state index is 12.8. The Kier molecular flexibility index (Phi) is 5.94. The van der Waals surface area contributed by atoms with Crippen molar-refractivity contribution in [2.45, 2.75) is 23.8 Å². The van der Waals surface area contributed by atoms with Crippen LogP contribution in [0.4, 0.5) is 0 Å². The summed E-state index contributed by atoms with van der Waals surface area (Å²) in [5.74, 6) is 1.96. The van der Waals surface area contributed by atoms with Crippen molar-refractivity contribution >= 4 is 15.9 Å². The third-order valence-electron chi connectivity index (χ3n) is 4.72. The summed E-state index contributed by atoms with van der Waals surface area (Å²) in [6.45, 7) is 0.577. The van der Waals surface area contributed by atoms with Gasteiger partial charge in [0.15, 0.2) is 0 Å². The molecular formula is C21H22N2O3S. The molecular weight excluding hydrogens is 360 g/mol. The van der Waals surface area contributed by atoms with Gasteiger partial charge in [0.05, 0.1) is 10.8 Å². The first-order valence-corrected chi connectivity index (χ1v) is 10.3. The summed E-state index contributed by atoms with van der Waals surface area (Å²) in [5.41, 5.74) is 0.831. The van der Waals surface area contributed by atoms with Gasteiger partial charge < -0.3 is 5.32 Å². The fraction of sp³-hybridized carbons (Fsp3) is 0.286. The standard InChI is InChI=1S/C21H22N2O3S/c1-2-20(17-10-5-3-6-11-17)22-21(24)18-12-9-15-23(16-18)27(25,26)19-13-7-4-8-14-19/h1,3-8,10-11,13-14,18,20H,9,12,15-16H2,(H,22,24). The zero-order chi connectivity index (χ0) is 19.3. The molecule has 0 bridgehead atoms. The minimum absolute atomic E-state index is 0.162. The molecule has 2 unspecified atom stereocenters. The van der Waals surface area contributed by atoms with Crippen LogP contribution in [0.15, 0.2) is 65.6 Å². The minimum Gasteiger partial charge on any atom is -0.338 e. The maximum Gasteiger partial charge on any atom is 0.243 e. The quantitative estimate of drug-likeness (QED) is 0.809. The van der Waals surface area contributed by atoms with E-state index in [1.165, 1.54) is 4.31 Å². The molecule has 0 spiro atoms. The average molecular weight is 382 g/mol. The first-order chi connectivity index (χ1) is 13.0. The molecule has 27 heavy (non-hydrogen) atoms. The molecule has 0 aliphatic carbocycles. The topological polar surface area (TPSA) is 66.5 Å². The molecule has 1 N–H and O–H groups in total. The molecule has 2 aromatic rings. The van der Waals surface area contributed by atoms with Gasteiger partial charge in [-0.15, -0.1) is 6.42 Å². The lowest BCUT2D eigenvalue weighted by atomic mass is 9.97. The Morgan fingerprint density at radius 3 is 2.37 bits per heavy atom. The monoisotopic (exact) mass is 382 g/mol. The molecule has 1 heterocycles. The van der Waals surface area contributed by atoms with Crippen LogP contribution in [-0.2, 0) is 14.8 Å². The van der Waals surface area contributed by atoms with Gasteiger partial charge in [0.1, 0.15) is 6.04 Å². The van der Waals surface area contributed by atoms with Crippen LogP contribution >= 0.6 is 0 Å². The van der Waals surface area contributed by atoms with E-state index in [0.29, 0.717) is 19.4 Å². The second kappa shape index (κ2) is 8.38. The Morgan fingerprint density at radius 2 is 1.74 bits per heavy atom. The van der Waals surface area contributed by atoms with Crippen LogP contribution in [0.25, 0.3) is 0 Å². The number of sulfonamides is 1. The van der Waals surface area contributed by atoms with Gasteiger partial charge >= 0.3 is 0 Å². The molecule has 0 aromatic heterocycles. The van der Waals surface area contributed by atoms with Crippen LogP contribution < -0.4 is 5.32 Å². The van der Waals surface area contributed by atoms with Crippen LogP contribution in [0.5, 0.6) is 0 Å². The molecule has 140 valence electrons. The van der Waals surface area contributed by atoms with Crippen LogP contribution in [0.2, 0.25) is 0 Å². The highest BCUT2D eigenvalue weighted by Gasteiger charge is 2.33. The van der Waals surface area contributed by atoms with Crippen molar-refractivity contribution in [2.75, 3.05) is 13.1 Å². The predicted molar refractivity (Wildman–Crippen MR) is 104 cm³/mol. The van der Waals surface area contributed by atoms with Crippen LogP contribution in [-0.4, -0.2) is 31.7 Å². The number of nitrogens with zero attached hydrogens (tertiary/aromatic N) is 1. The molecule has 5 nitrogen and oxygen atoms in total. The molecule has 0 radical (unpaired) electrons. The molecule has 0 saturated carbocycles. The summed E-state index contributed by atoms with van der Waals surface area (Å²) in [4.78, 5) is 13.0. The summed E-state index contributed by atoms with van der Waals surface area (Å²) in [6, 6.07) is 17.1. The fourth-order valence-corrected chi connectivity index (χ4v) is 4.79. The van der Waals surface area contributed by atoms with E-state index in [0.717, 1.165) is 5.56 Å². The summed E-state index contributed by atoms with van der Waals surface area (Å²) in [5, 5.41) is 2.87. The lowest BCUT2D eigenvalue weighted by Gasteiger charge is -2.31. The Labute approximate surface area is 160 Å². The third kappa shape index (κ3) is 4.38. The average Bonchev–Trinajstić information content (AvgIpc) is 2.73. The lowest BCUT2D eigenvalue weighted by Crippen LogP contribution is -2.45. The SMILES string of the molecule is C#CC(NC(=O)C1CCCN(S(=O)(=O)c2ccccc2)C1)c1ccccc1. The minimum atomic E-state index is -3.60. The number of hydrogen-bond acceptors (Lipinski definition) is 3. The van der Waals surface area contributed by atoms with Crippen LogP contribution in [0.1, 0.15) is 24.4 Å². The van der Waals surface area contributed by atoms with Crippen molar-refractivity contribution in [2.24, 2.45) is 5.92 Å². The maximum atomic E-state index is 12.8. The van der Waals surface area contributed by atoms with Crippen molar-refractivity contribution in [3.63, 3.8) is 0 Å². The second-order valence-electron chi connectivity index (χ2n) is 6.53. The third-order valence-corrected chi connectivity index (χ3v) is 6.60. The molecule has 1 amide bonds. The molecule has 1 fully saturated rings. The Bertz CT molecular complexity index is 921. The van der Waals surface area contributed by atoms with E-state index >= 15 is 0 Å². The van der Waals surface area contributed by atoms with Gasteiger partial charge in [0, 0.05) is 13.1 Å². The van der Waals surface area contributed by atoms with Gasteiger partial charge in [-0.1, -0.05) is 54.5 Å². The van der Waals surface area contributed by atoms with Crippen molar-refractivity contribution < 1.29 is 13.2 Å². The number of amides is 1. The van der Waals surface area contributed by atoms with Crippen molar-refractivity contribution in [1.82, 2.24) is 9.62 Å². The molecule has 6 heteroatoms. The number of nitrogens with one attached hydrogen (secondary N) is 1. The predicted octanol–water partition coefficient (Wildman–Crippen LogP) is 2.58. The largest absolute Gasteiger partial charge is 0.338 e. The Balaban J connectivity index is 1.71. The highest BCUT2D eigenvalue weighted by molar-refractivity contribution is 7.89. The zero-order valence-electron chi connectivity index (χ0n) is 14.9. The van der Waals surface area contributed by atoms with Gasteiger partial charge in [0.25, 0.3) is 0 Å². The van der Waals surface area contributed by atoms with E-state index in [2.05, 4.69) is 11.2 Å². The van der Waals surface area contributed by atoms with Crippen molar-refractivity contribution in [3.05, 3.63) is 66.2 Å². The van der Waals surface area contributed by atoms with Gasteiger partial charge in [-0.2, -0.15) is 4.31 Å². The highest BCUT2D eigenvalue weighted by Crippen LogP contribution is 2.24. The molecule has 2 aromatic carbocycles. The number of rotatable bonds is 5. The van der Waals surface area contributed by atoms with E-state index in [9.17, 15) is 13.2 Å². The Morgan fingerprint density at radius 1 is 1.11 bits per heavy atom. The molecule has 1 saturated heterocycles. The van der Waals surface area contributed by atoms with E-state index in [4.69, 9.17) is 6.42 Å². The van der Waals surface area contributed by atoms with E-state index in [-0.39, 0.29) is 17.3 Å². The van der Waals surface area contributed by atoms with Crippen LogP contribution in [0, 0.1) is 18.3 Å². The lowest BCUT2D eigenvalue weighted by molar-refractivity contribution is -0.126. The smallest absolute Gasteiger partial charge is 0.243 e. The zero-order valence-corrected chi connectivity index (χ0v) is 15.7. The van der Waals surface area contributed by atoms with E-state index in [1.54, 1.807) is 30.3 Å². The summed E-state index contributed by atoms with van der Waals surface area (Å²) in [7, 11) is -3.60. The highest BCUT2D eigenvalue weighted by atomic mass is 32.2. The summed E-state index contributed by atoms with van der Waals surface area (Å²) >= 11 is 0. The number of piperidine rings is 1. The fourth-order valence-electron chi connectivity index (χ4n) is 3.24. The van der Waals surface area contributed by atoms with Gasteiger partial charge in [-0.05, 0) is 30.5 Å². The summed E-state index contributed by atoms with van der Waals surface area (Å²) < 4.78 is 27.0. The molecule has 1 aliphatic rings. The second-order valence-corrected chi connectivity index (χ2v) is 8.47. The number of benzene rings is 2. The van der Waals surface area contributed by atoms with Gasteiger partial charge in [-0.3, -0.25) is 4.79 Å². The van der Waals surface area contributed by atoms with Crippen molar-refractivity contribution in [3.8, 4) is 12.3 Å². The Hall–Kier alpha value is -2.62. The first kappa shape index (κ1) is 19.2. The first-order valence-electron chi connectivity index (χ1n) is 8.89. The number of carbonyl (C=O) groups excluding carboxylic acids is 1. The normalized spacial score (nSPS) is 19.0. The molecule has 1 aliphatic heterocycles.